The van der Waals surface area contributed by atoms with Crippen LogP contribution in [0.5, 0.6) is 0 Å². The molecule has 1 unspecified atom stereocenters. The number of hydrazine groups is 1. The van der Waals surface area contributed by atoms with Crippen molar-refractivity contribution in [2.45, 2.75) is 91.5 Å². The summed E-state index contributed by atoms with van der Waals surface area (Å²) >= 11 is 0. The van der Waals surface area contributed by atoms with Crippen LogP contribution in [0.1, 0.15) is 89.7 Å². The topological polar surface area (TPSA) is 162 Å². The Morgan fingerprint density at radius 3 is 2.42 bits per heavy atom. The van der Waals surface area contributed by atoms with Gasteiger partial charge in [0.2, 0.25) is 5.95 Å². The molecule has 1 aromatic carbocycles. The van der Waals surface area contributed by atoms with E-state index >= 15 is 0 Å². The molecule has 3 aromatic rings. The van der Waals surface area contributed by atoms with Crippen molar-refractivity contribution in [3.63, 3.8) is 0 Å². The lowest BCUT2D eigenvalue weighted by atomic mass is 9.87. The summed E-state index contributed by atoms with van der Waals surface area (Å²) in [5, 5.41) is 26.3. The van der Waals surface area contributed by atoms with Gasteiger partial charge in [0.1, 0.15) is 18.9 Å². The normalized spacial score (nSPS) is 20.2. The fraction of sp³-hybridized carbons (Fsp3) is 0.486. The summed E-state index contributed by atoms with van der Waals surface area (Å²) in [6.07, 6.45) is 5.25. The Bertz CT molecular complexity index is 1820. The Hall–Kier alpha value is -4.06. The van der Waals surface area contributed by atoms with Crippen LogP contribution in [0.2, 0.25) is 0 Å². The van der Waals surface area contributed by atoms with Gasteiger partial charge in [-0.2, -0.15) is 14.9 Å². The molecule has 2 aliphatic carbocycles. The van der Waals surface area contributed by atoms with Crippen LogP contribution in [0, 0.1) is 46.9 Å². The molecule has 2 aliphatic rings. The Morgan fingerprint density at radius 1 is 1.19 bits per heavy atom. The van der Waals surface area contributed by atoms with Gasteiger partial charge in [0.15, 0.2) is 9.03 Å². The van der Waals surface area contributed by atoms with E-state index in [1.807, 2.05) is 38.7 Å². The second-order valence-electron chi connectivity index (χ2n) is 14.9. The zero-order chi connectivity index (χ0) is 35.2. The number of hydrogen-bond acceptors (Lipinski definition) is 11. The van der Waals surface area contributed by atoms with E-state index in [0.717, 1.165) is 12.8 Å². The van der Waals surface area contributed by atoms with Gasteiger partial charge in [0, 0.05) is 40.8 Å². The summed E-state index contributed by atoms with van der Waals surface area (Å²) in [4.78, 5) is 10.5. The highest BCUT2D eigenvalue weighted by Gasteiger charge is 2.72. The number of nitrogens with zero attached hydrogens (tertiary/aromatic N) is 6. The first kappa shape index (κ1) is 35.3. The van der Waals surface area contributed by atoms with E-state index in [0.29, 0.717) is 56.3 Å². The lowest BCUT2D eigenvalue weighted by Gasteiger charge is -2.36. The van der Waals surface area contributed by atoms with Crippen molar-refractivity contribution in [1.29, 1.82) is 10.5 Å². The summed E-state index contributed by atoms with van der Waals surface area (Å²) in [6, 6.07) is 10.3. The molecule has 2 heterocycles. The number of hydrogen-bond donors (Lipinski definition) is 3. The fourth-order valence-corrected chi connectivity index (χ4v) is 6.08. The minimum atomic E-state index is -0.739. The minimum absolute atomic E-state index is 0.0220. The average molecular weight is 674 g/mol. The molecular weight excluding hydrogens is 628 g/mol. The summed E-state index contributed by atoms with van der Waals surface area (Å²) in [6.45, 7) is 15.9. The molecule has 2 fully saturated rings. The Morgan fingerprint density at radius 2 is 1.85 bits per heavy atom. The van der Waals surface area contributed by atoms with E-state index < -0.39 is 17.6 Å². The van der Waals surface area contributed by atoms with Gasteiger partial charge in [-0.1, -0.05) is 26.8 Å². The first-order chi connectivity index (χ1) is 22.5. The van der Waals surface area contributed by atoms with E-state index in [-0.39, 0.29) is 32.8 Å². The van der Waals surface area contributed by atoms with E-state index in [9.17, 15) is 14.9 Å². The van der Waals surface area contributed by atoms with Crippen molar-refractivity contribution in [3.05, 3.63) is 70.7 Å². The second kappa shape index (κ2) is 13.1. The van der Waals surface area contributed by atoms with E-state index in [4.69, 9.17) is 20.6 Å². The zero-order valence-electron chi connectivity index (χ0n) is 28.8. The number of pyridine rings is 2. The van der Waals surface area contributed by atoms with Crippen LogP contribution < -0.4 is 21.8 Å². The third kappa shape index (κ3) is 7.33. The first-order valence-corrected chi connectivity index (χ1v) is 16.8. The summed E-state index contributed by atoms with van der Waals surface area (Å²) in [7, 11) is -0.317. The van der Waals surface area contributed by atoms with Gasteiger partial charge >= 0.3 is 0 Å². The summed E-state index contributed by atoms with van der Waals surface area (Å²) in [5.74, 6) is 6.49. The number of halogens is 1. The molecule has 0 aliphatic heterocycles. The van der Waals surface area contributed by atoms with Gasteiger partial charge in [-0.3, -0.25) is 4.98 Å². The number of nitrogens with two attached hydrogens (primary N) is 2. The number of anilines is 2. The van der Waals surface area contributed by atoms with Crippen molar-refractivity contribution in [3.8, 4) is 12.1 Å². The summed E-state index contributed by atoms with van der Waals surface area (Å²) < 4.78 is 26.4. The number of aryl methyl sites for hydroxylation is 1. The largest absolute Gasteiger partial charge is 0.399 e. The fourth-order valence-electron chi connectivity index (χ4n) is 5.58. The average Bonchev–Trinajstić information content (AvgIpc) is 3.90. The molecule has 5 N–H and O–H groups in total. The molecule has 2 aromatic heterocycles. The van der Waals surface area contributed by atoms with E-state index in [1.54, 1.807) is 30.3 Å². The van der Waals surface area contributed by atoms with Crippen molar-refractivity contribution < 1.29 is 13.4 Å². The van der Waals surface area contributed by atoms with Crippen LogP contribution in [0.15, 0.2) is 42.4 Å². The smallest absolute Gasteiger partial charge is 0.213 e. The van der Waals surface area contributed by atoms with Crippen LogP contribution in [-0.4, -0.2) is 38.9 Å². The van der Waals surface area contributed by atoms with Crippen molar-refractivity contribution >= 4 is 31.3 Å². The van der Waals surface area contributed by atoms with Crippen LogP contribution in [0.4, 0.5) is 15.8 Å². The molecule has 3 atom stereocenters. The number of aromatic nitrogens is 2. The standard InChI is InChI=1S/C35H45FN9O2P/c1-20-26(9-10-29(36)42-20)32(28(39)18-45(40)35-13-24(35)14-35)44(19-46-48-47-34(6,7)8)25-11-22(15-37)30-27(12-25)31(23(16-38)17-41-30)43-21(2)33(3,4)5/h9-12,17-18,21,24,32,48H,13-14,19,39-40H2,1-8H3,(H,41,43)/b28-18-/t21-,24?,32+,35?/m1/s1. The first-order valence-electron chi connectivity index (χ1n) is 16.0. The molecule has 0 radical (unpaired) electrons. The molecule has 2 saturated carbocycles. The maximum atomic E-state index is 14.3. The SMILES string of the molecule is Cc1nc(F)ccc1[C@@H](/C(N)=C/N(N)C12CC1C2)N(COPOC(C)(C)C)c1cc(C#N)c2ncc(C#N)c(N[C@H](C)C(C)(C)C)c2c1. The number of nitrogens with one attached hydrogen (secondary N) is 1. The second-order valence-corrected chi connectivity index (χ2v) is 15.5. The van der Waals surface area contributed by atoms with Gasteiger partial charge in [-0.25, -0.2) is 10.8 Å². The molecular formula is C35H45FN9O2P. The molecule has 0 saturated heterocycles. The van der Waals surface area contributed by atoms with Gasteiger partial charge in [0.25, 0.3) is 0 Å². The quantitative estimate of drug-likeness (QED) is 0.0471. The van der Waals surface area contributed by atoms with Gasteiger partial charge < -0.3 is 30.0 Å². The molecule has 13 heteroatoms. The van der Waals surface area contributed by atoms with Crippen LogP contribution in [0.25, 0.3) is 10.9 Å². The van der Waals surface area contributed by atoms with Gasteiger partial charge in [0.05, 0.1) is 45.2 Å². The molecule has 0 spiro atoms. The maximum absolute atomic E-state index is 14.3. The Balaban J connectivity index is 1.71. The van der Waals surface area contributed by atoms with Crippen molar-refractivity contribution in [2.24, 2.45) is 22.9 Å². The molecule has 0 amide bonds. The highest BCUT2D eigenvalue weighted by atomic mass is 31.1. The minimum Gasteiger partial charge on any atom is -0.399 e. The number of benzene rings is 1. The van der Waals surface area contributed by atoms with Crippen LogP contribution in [0.3, 0.4) is 0 Å². The van der Waals surface area contributed by atoms with E-state index in [1.165, 1.54) is 12.3 Å². The zero-order valence-corrected chi connectivity index (χ0v) is 29.8. The number of rotatable bonds is 12. The van der Waals surface area contributed by atoms with E-state index in [2.05, 4.69) is 48.2 Å². The van der Waals surface area contributed by atoms with Crippen molar-refractivity contribution in [1.82, 2.24) is 15.0 Å². The third-order valence-electron chi connectivity index (χ3n) is 9.26. The summed E-state index contributed by atoms with van der Waals surface area (Å²) in [5.41, 5.74) is 9.97. The van der Waals surface area contributed by atoms with Gasteiger partial charge in [-0.05, 0) is 77.0 Å². The molecule has 254 valence electrons. The highest BCUT2D eigenvalue weighted by Crippen LogP contribution is 2.69. The Labute approximate surface area is 284 Å². The molecule has 48 heavy (non-hydrogen) atoms. The maximum Gasteiger partial charge on any atom is 0.213 e. The van der Waals surface area contributed by atoms with Crippen LogP contribution >= 0.6 is 9.03 Å². The lowest BCUT2D eigenvalue weighted by molar-refractivity contribution is 0.128. The molecule has 11 nitrogen and oxygen atoms in total. The van der Waals surface area contributed by atoms with Gasteiger partial charge in [-0.15, -0.1) is 0 Å². The Kier molecular flexibility index (Phi) is 9.62. The predicted octanol–water partition coefficient (Wildman–Crippen LogP) is 6.65. The lowest BCUT2D eigenvalue weighted by Crippen LogP contribution is -2.38. The number of nitriles is 2. The van der Waals surface area contributed by atoms with Crippen molar-refractivity contribution in [2.75, 3.05) is 16.9 Å². The predicted molar refractivity (Wildman–Crippen MR) is 187 cm³/mol. The van der Waals surface area contributed by atoms with Crippen LogP contribution in [-0.2, 0) is 9.05 Å². The highest BCUT2D eigenvalue weighted by molar-refractivity contribution is 7.26. The molecule has 0 bridgehead atoms. The third-order valence-corrected chi connectivity index (χ3v) is 10.2. The monoisotopic (exact) mass is 673 g/mol. The molecule has 5 rings (SSSR count). The number of fused-ring (bicyclic) bond motifs is 2.